The van der Waals surface area contributed by atoms with Crippen LogP contribution in [-0.2, 0) is 11.3 Å². The van der Waals surface area contributed by atoms with Gasteiger partial charge in [-0.3, -0.25) is 4.40 Å². The lowest BCUT2D eigenvalue weighted by atomic mass is 10.1. The minimum absolute atomic E-state index is 0.246. The average Bonchev–Trinajstić information content (AvgIpc) is 3.06. The molecular weight excluding hydrogens is 424 g/mol. The number of nitrogen functional groups attached to an aromatic ring is 1. The van der Waals surface area contributed by atoms with Gasteiger partial charge in [0.25, 0.3) is 0 Å². The van der Waals surface area contributed by atoms with Crippen LogP contribution in [0.25, 0.3) is 5.52 Å². The maximum atomic E-state index is 10.2. The van der Waals surface area contributed by atoms with E-state index in [1.807, 2.05) is 40.9 Å². The summed E-state index contributed by atoms with van der Waals surface area (Å²) >= 11 is 3.46. The zero-order valence-electron chi connectivity index (χ0n) is 15.4. The van der Waals surface area contributed by atoms with Gasteiger partial charge in [0.2, 0.25) is 5.95 Å². The van der Waals surface area contributed by atoms with Crippen molar-refractivity contribution in [2.24, 2.45) is 5.73 Å². The minimum atomic E-state index is -0.742. The van der Waals surface area contributed by atoms with Crippen LogP contribution in [0.1, 0.15) is 24.8 Å². The lowest BCUT2D eigenvalue weighted by Gasteiger charge is -2.26. The molecule has 4 rings (SSSR count). The lowest BCUT2D eigenvalue weighted by Crippen LogP contribution is -2.31. The number of primary amides is 1. The molecule has 0 atom stereocenters. The van der Waals surface area contributed by atoms with Gasteiger partial charge in [0.05, 0.1) is 0 Å². The van der Waals surface area contributed by atoms with E-state index in [4.69, 9.17) is 11.5 Å². The Bertz CT molecular complexity index is 925. The first kappa shape index (κ1) is 19.9. The molecule has 148 valence electrons. The predicted molar refractivity (Wildman–Crippen MR) is 112 cm³/mol. The molecule has 1 aromatic carbocycles. The maximum absolute atomic E-state index is 10.2. The molecule has 0 saturated carbocycles. The van der Waals surface area contributed by atoms with Crippen LogP contribution in [-0.4, -0.2) is 33.6 Å². The van der Waals surface area contributed by atoms with Gasteiger partial charge in [0.1, 0.15) is 16.7 Å². The molecule has 28 heavy (non-hydrogen) atoms. The number of carbonyl (C=O) groups is 1. The van der Waals surface area contributed by atoms with Crippen molar-refractivity contribution in [3.63, 3.8) is 0 Å². The fourth-order valence-electron chi connectivity index (χ4n) is 3.05. The molecule has 1 saturated heterocycles. The van der Waals surface area contributed by atoms with Gasteiger partial charge in [0, 0.05) is 25.5 Å². The topological polar surface area (TPSA) is 112 Å². The molecule has 1 aliphatic heterocycles. The monoisotopic (exact) mass is 446 g/mol. The van der Waals surface area contributed by atoms with Crippen LogP contribution in [0.3, 0.4) is 0 Å². The van der Waals surface area contributed by atoms with Gasteiger partial charge in [-0.2, -0.15) is 0 Å². The zero-order valence-corrected chi connectivity index (χ0v) is 17.0. The van der Waals surface area contributed by atoms with Gasteiger partial charge in [-0.15, -0.1) is 0 Å². The van der Waals surface area contributed by atoms with Crippen molar-refractivity contribution in [2.75, 3.05) is 23.7 Å². The second-order valence-electron chi connectivity index (χ2n) is 6.37. The Morgan fingerprint density at radius 3 is 2.57 bits per heavy atom. The molecule has 0 spiro atoms. The van der Waals surface area contributed by atoms with Gasteiger partial charge >= 0.3 is 6.09 Å². The first-order chi connectivity index (χ1) is 13.6. The molecule has 0 bridgehead atoms. The standard InChI is InChI=1S/C11H14BrN5.C8H9NO2/c12-9-8-10(13)14-4-7-17(8)11(15-9)16-5-2-1-3-6-16;9-8(10)11-6-7-4-2-1-3-5-7/h4,7H,1-3,5-6H2,(H2,13,14);1-5H,6H2,(H2,9,10). The predicted octanol–water partition coefficient (Wildman–Crippen LogP) is 3.35. The van der Waals surface area contributed by atoms with E-state index in [1.54, 1.807) is 6.20 Å². The number of imidazole rings is 1. The van der Waals surface area contributed by atoms with Crippen molar-refractivity contribution >= 4 is 39.3 Å². The SMILES string of the molecule is NC(=O)OCc1ccccc1.Nc1nccn2c(N3CCCCC3)nc(Br)c12. The van der Waals surface area contributed by atoms with E-state index in [2.05, 4.69) is 35.5 Å². The van der Waals surface area contributed by atoms with Gasteiger partial charge in [-0.1, -0.05) is 30.3 Å². The summed E-state index contributed by atoms with van der Waals surface area (Å²) in [5, 5.41) is 0. The van der Waals surface area contributed by atoms with Crippen molar-refractivity contribution < 1.29 is 9.53 Å². The first-order valence-electron chi connectivity index (χ1n) is 9.05. The van der Waals surface area contributed by atoms with Gasteiger partial charge < -0.3 is 21.1 Å². The highest BCUT2D eigenvalue weighted by atomic mass is 79.9. The molecule has 1 aliphatic rings. The summed E-state index contributed by atoms with van der Waals surface area (Å²) in [5.74, 6) is 1.47. The third-order valence-corrected chi connectivity index (χ3v) is 4.94. The summed E-state index contributed by atoms with van der Waals surface area (Å²) in [6.07, 6.45) is 6.65. The smallest absolute Gasteiger partial charge is 0.404 e. The van der Waals surface area contributed by atoms with Crippen LogP contribution in [0.2, 0.25) is 0 Å². The fourth-order valence-corrected chi connectivity index (χ4v) is 3.60. The van der Waals surface area contributed by atoms with Crippen molar-refractivity contribution in [3.8, 4) is 0 Å². The molecule has 1 amide bonds. The van der Waals surface area contributed by atoms with E-state index in [9.17, 15) is 4.79 Å². The second kappa shape index (κ2) is 9.41. The number of nitrogens with two attached hydrogens (primary N) is 2. The van der Waals surface area contributed by atoms with Crippen molar-refractivity contribution in [1.29, 1.82) is 0 Å². The van der Waals surface area contributed by atoms with Crippen LogP contribution >= 0.6 is 15.9 Å². The van der Waals surface area contributed by atoms with E-state index < -0.39 is 6.09 Å². The number of nitrogens with zero attached hydrogens (tertiary/aromatic N) is 4. The summed E-state index contributed by atoms with van der Waals surface area (Å²) in [5.41, 5.74) is 12.4. The number of benzene rings is 1. The number of rotatable bonds is 3. The Hall–Kier alpha value is -2.81. The van der Waals surface area contributed by atoms with E-state index in [-0.39, 0.29) is 6.61 Å². The number of ether oxygens (including phenoxy) is 1. The summed E-state index contributed by atoms with van der Waals surface area (Å²) in [6, 6.07) is 9.37. The number of hydrogen-bond donors (Lipinski definition) is 2. The molecular formula is C19H23BrN6O2. The Morgan fingerprint density at radius 2 is 1.89 bits per heavy atom. The number of carbonyl (C=O) groups excluding carboxylic acids is 1. The van der Waals surface area contributed by atoms with Crippen LogP contribution < -0.4 is 16.4 Å². The molecule has 8 nitrogen and oxygen atoms in total. The number of amides is 1. The van der Waals surface area contributed by atoms with Crippen LogP contribution in [0.4, 0.5) is 16.6 Å². The molecule has 0 radical (unpaired) electrons. The molecule has 0 unspecified atom stereocenters. The Morgan fingerprint density at radius 1 is 1.18 bits per heavy atom. The lowest BCUT2D eigenvalue weighted by molar-refractivity contribution is 0.150. The van der Waals surface area contributed by atoms with Gasteiger partial charge in [-0.25, -0.2) is 14.8 Å². The second-order valence-corrected chi connectivity index (χ2v) is 7.13. The fraction of sp³-hybridized carbons (Fsp3) is 0.316. The Balaban J connectivity index is 0.000000178. The summed E-state index contributed by atoms with van der Waals surface area (Å²) in [7, 11) is 0. The van der Waals surface area contributed by atoms with E-state index in [0.717, 1.165) is 34.7 Å². The van der Waals surface area contributed by atoms with Crippen LogP contribution in [0.5, 0.6) is 0 Å². The number of fused-ring (bicyclic) bond motifs is 1. The molecule has 0 aliphatic carbocycles. The van der Waals surface area contributed by atoms with Crippen molar-refractivity contribution in [3.05, 3.63) is 52.9 Å². The number of hydrogen-bond acceptors (Lipinski definition) is 6. The highest BCUT2D eigenvalue weighted by molar-refractivity contribution is 9.10. The number of aromatic nitrogens is 3. The van der Waals surface area contributed by atoms with E-state index >= 15 is 0 Å². The van der Waals surface area contributed by atoms with Crippen molar-refractivity contribution in [2.45, 2.75) is 25.9 Å². The molecule has 4 N–H and O–H groups in total. The van der Waals surface area contributed by atoms with Crippen LogP contribution in [0, 0.1) is 0 Å². The molecule has 3 heterocycles. The van der Waals surface area contributed by atoms with Crippen molar-refractivity contribution in [1.82, 2.24) is 14.4 Å². The maximum Gasteiger partial charge on any atom is 0.404 e. The van der Waals surface area contributed by atoms with Gasteiger partial charge in [-0.05, 0) is 40.8 Å². The zero-order chi connectivity index (χ0) is 19.9. The average molecular weight is 447 g/mol. The number of anilines is 2. The van der Waals surface area contributed by atoms with E-state index in [1.165, 1.54) is 19.3 Å². The normalized spacial score (nSPS) is 13.7. The quantitative estimate of drug-likeness (QED) is 0.637. The van der Waals surface area contributed by atoms with Crippen LogP contribution in [0.15, 0.2) is 47.3 Å². The first-order valence-corrected chi connectivity index (χ1v) is 9.84. The largest absolute Gasteiger partial charge is 0.445 e. The Labute approximate surface area is 171 Å². The summed E-state index contributed by atoms with van der Waals surface area (Å²) in [4.78, 5) is 21.1. The molecule has 2 aromatic heterocycles. The summed E-state index contributed by atoms with van der Waals surface area (Å²) in [6.45, 7) is 2.37. The third-order valence-electron chi connectivity index (χ3n) is 4.38. The summed E-state index contributed by atoms with van der Waals surface area (Å²) < 4.78 is 7.35. The molecule has 3 aromatic rings. The third kappa shape index (κ3) is 4.92. The molecule has 9 heteroatoms. The highest BCUT2D eigenvalue weighted by Gasteiger charge is 2.19. The highest BCUT2D eigenvalue weighted by Crippen LogP contribution is 2.28. The number of halogens is 1. The van der Waals surface area contributed by atoms with Gasteiger partial charge in [0.15, 0.2) is 5.82 Å². The number of piperidine rings is 1. The van der Waals surface area contributed by atoms with E-state index in [0.29, 0.717) is 5.82 Å². The minimum Gasteiger partial charge on any atom is -0.445 e. The molecule has 1 fully saturated rings. The Kier molecular flexibility index (Phi) is 6.70.